The number of nitrogens with zero attached hydrogens (tertiary/aromatic N) is 2. The van der Waals surface area contributed by atoms with Crippen LogP contribution >= 0.6 is 11.3 Å². The number of carbonyl (C=O) groups is 1. The summed E-state index contributed by atoms with van der Waals surface area (Å²) in [6.07, 6.45) is 0. The molecule has 0 unspecified atom stereocenters. The van der Waals surface area contributed by atoms with Gasteiger partial charge < -0.3 is 0 Å². The monoisotopic (exact) mass is 429 g/mol. The normalized spacial score (nSPS) is 12.0. The number of hydrogen-bond acceptors (Lipinski definition) is 6. The lowest BCUT2D eigenvalue weighted by atomic mass is 9.87. The van der Waals surface area contributed by atoms with Gasteiger partial charge in [-0.2, -0.15) is 0 Å². The largest absolute Gasteiger partial charge is 0.296 e. The Hall–Kier alpha value is -2.58. The van der Waals surface area contributed by atoms with Gasteiger partial charge >= 0.3 is 0 Å². The molecule has 1 heterocycles. The molecule has 8 heteroatoms. The van der Waals surface area contributed by atoms with Crippen LogP contribution in [-0.4, -0.2) is 24.5 Å². The average Bonchev–Trinajstić information content (AvgIpc) is 3.12. The minimum atomic E-state index is -3.63. The Bertz CT molecular complexity index is 1110. The minimum Gasteiger partial charge on any atom is -0.296 e. The summed E-state index contributed by atoms with van der Waals surface area (Å²) in [5.74, 6) is -0.520. The van der Waals surface area contributed by atoms with Crippen LogP contribution in [0.2, 0.25) is 0 Å². The van der Waals surface area contributed by atoms with Crippen LogP contribution < -0.4 is 5.32 Å². The molecule has 0 saturated heterocycles. The second-order valence-corrected chi connectivity index (χ2v) is 11.0. The van der Waals surface area contributed by atoms with Gasteiger partial charge in [0.1, 0.15) is 0 Å². The van der Waals surface area contributed by atoms with E-state index in [-0.39, 0.29) is 26.5 Å². The van der Waals surface area contributed by atoms with Crippen molar-refractivity contribution in [2.75, 3.05) is 5.32 Å². The predicted molar refractivity (Wildman–Crippen MR) is 115 cm³/mol. The van der Waals surface area contributed by atoms with Crippen molar-refractivity contribution < 1.29 is 13.2 Å². The number of hydrogen-bond donors (Lipinski definition) is 1. The molecule has 1 aromatic heterocycles. The average molecular weight is 430 g/mol. The van der Waals surface area contributed by atoms with Gasteiger partial charge in [-0.3, -0.25) is 10.1 Å². The quantitative estimate of drug-likeness (QED) is 0.608. The second-order valence-electron chi connectivity index (χ2n) is 7.90. The molecule has 0 atom stereocenters. The molecule has 0 radical (unpaired) electrons. The number of sulfone groups is 1. The van der Waals surface area contributed by atoms with Gasteiger partial charge in [0.05, 0.1) is 5.75 Å². The molecule has 1 N–H and O–H groups in total. The van der Waals surface area contributed by atoms with Crippen molar-refractivity contribution in [3.63, 3.8) is 0 Å². The molecule has 0 aliphatic rings. The van der Waals surface area contributed by atoms with Crippen LogP contribution in [0.3, 0.4) is 0 Å². The summed E-state index contributed by atoms with van der Waals surface area (Å²) in [7, 11) is -3.63. The van der Waals surface area contributed by atoms with E-state index in [1.165, 1.54) is 0 Å². The summed E-state index contributed by atoms with van der Waals surface area (Å²) >= 11 is 0.850. The molecule has 0 aliphatic heterocycles. The molecule has 0 fully saturated rings. The number of nitrogens with one attached hydrogen (secondary N) is 1. The van der Waals surface area contributed by atoms with E-state index in [2.05, 4.69) is 36.3 Å². The Morgan fingerprint density at radius 2 is 1.62 bits per heavy atom. The predicted octanol–water partition coefficient (Wildman–Crippen LogP) is 4.37. The zero-order valence-electron chi connectivity index (χ0n) is 16.8. The van der Waals surface area contributed by atoms with E-state index in [1.54, 1.807) is 24.3 Å². The number of rotatable bonds is 5. The van der Waals surface area contributed by atoms with Crippen molar-refractivity contribution in [1.29, 1.82) is 0 Å². The Labute approximate surface area is 174 Å². The topological polar surface area (TPSA) is 89.0 Å². The standard InChI is InChI=1S/C21H23N3O3S2/c1-14-5-7-15(8-6-14)13-29(26,27)20-24-23-19(28-20)22-18(25)16-9-11-17(12-10-16)21(2,3)4/h5-12H,13H2,1-4H3,(H,22,23,25). The molecule has 3 aromatic rings. The molecule has 2 aromatic carbocycles. The van der Waals surface area contributed by atoms with Crippen LogP contribution in [0.25, 0.3) is 0 Å². The maximum absolute atomic E-state index is 12.6. The van der Waals surface area contributed by atoms with E-state index in [0.717, 1.165) is 22.5 Å². The summed E-state index contributed by atoms with van der Waals surface area (Å²) in [6, 6.07) is 14.6. The SMILES string of the molecule is Cc1ccc(CS(=O)(=O)c2nnc(NC(=O)c3ccc(C(C)(C)C)cc3)s2)cc1. The molecule has 1 amide bonds. The van der Waals surface area contributed by atoms with Gasteiger partial charge in [-0.1, -0.05) is 74.1 Å². The number of carbonyl (C=O) groups excluding carboxylic acids is 1. The smallest absolute Gasteiger partial charge is 0.257 e. The van der Waals surface area contributed by atoms with Crippen LogP contribution in [0.1, 0.15) is 47.8 Å². The molecule has 29 heavy (non-hydrogen) atoms. The van der Waals surface area contributed by atoms with Gasteiger partial charge in [-0.15, -0.1) is 10.2 Å². The third kappa shape index (κ3) is 5.27. The van der Waals surface area contributed by atoms with Gasteiger partial charge in [-0.25, -0.2) is 8.42 Å². The van der Waals surface area contributed by atoms with Crippen molar-refractivity contribution in [3.8, 4) is 0 Å². The second kappa shape index (κ2) is 8.04. The van der Waals surface area contributed by atoms with E-state index in [4.69, 9.17) is 0 Å². The summed E-state index contributed by atoms with van der Waals surface area (Å²) in [5.41, 5.74) is 3.32. The zero-order valence-corrected chi connectivity index (χ0v) is 18.4. The highest BCUT2D eigenvalue weighted by molar-refractivity contribution is 7.92. The van der Waals surface area contributed by atoms with E-state index in [0.29, 0.717) is 11.1 Å². The molecular weight excluding hydrogens is 406 g/mol. The molecule has 6 nitrogen and oxygen atoms in total. The molecular formula is C21H23N3O3S2. The van der Waals surface area contributed by atoms with E-state index in [1.807, 2.05) is 31.2 Å². The highest BCUT2D eigenvalue weighted by Crippen LogP contribution is 2.25. The van der Waals surface area contributed by atoms with E-state index < -0.39 is 9.84 Å². The number of aryl methyl sites for hydroxylation is 1. The van der Waals surface area contributed by atoms with Crippen LogP contribution in [0.15, 0.2) is 52.9 Å². The lowest BCUT2D eigenvalue weighted by molar-refractivity contribution is 0.102. The molecule has 0 saturated carbocycles. The first-order valence-corrected chi connectivity index (χ1v) is 11.6. The fourth-order valence-corrected chi connectivity index (χ4v) is 4.96. The molecule has 0 spiro atoms. The molecule has 0 aliphatic carbocycles. The number of anilines is 1. The fourth-order valence-electron chi connectivity index (χ4n) is 2.64. The third-order valence-corrected chi connectivity index (χ3v) is 7.36. The van der Waals surface area contributed by atoms with Crippen molar-refractivity contribution in [2.24, 2.45) is 0 Å². The van der Waals surface area contributed by atoms with Gasteiger partial charge in [0.25, 0.3) is 5.91 Å². The minimum absolute atomic E-state index is 0.00502. The molecule has 152 valence electrons. The highest BCUT2D eigenvalue weighted by Gasteiger charge is 2.22. The Balaban J connectivity index is 1.70. The number of benzene rings is 2. The van der Waals surface area contributed by atoms with Crippen molar-refractivity contribution >= 4 is 32.2 Å². The van der Waals surface area contributed by atoms with Gasteiger partial charge in [-0.05, 0) is 35.6 Å². The first kappa shape index (κ1) is 21.1. The number of amides is 1. The summed E-state index contributed by atoms with van der Waals surface area (Å²) in [4.78, 5) is 12.4. The summed E-state index contributed by atoms with van der Waals surface area (Å²) in [6.45, 7) is 8.24. The Morgan fingerprint density at radius 1 is 1.00 bits per heavy atom. The fraction of sp³-hybridized carbons (Fsp3) is 0.286. The van der Waals surface area contributed by atoms with Crippen LogP contribution in [-0.2, 0) is 21.0 Å². The van der Waals surface area contributed by atoms with Crippen molar-refractivity contribution in [1.82, 2.24) is 10.2 Å². The van der Waals surface area contributed by atoms with Crippen LogP contribution in [0.5, 0.6) is 0 Å². The first-order chi connectivity index (χ1) is 13.5. The molecule has 0 bridgehead atoms. The Morgan fingerprint density at radius 3 is 2.21 bits per heavy atom. The first-order valence-electron chi connectivity index (χ1n) is 9.08. The zero-order chi connectivity index (χ0) is 21.2. The van der Waals surface area contributed by atoms with Gasteiger partial charge in [0.15, 0.2) is 0 Å². The lowest BCUT2D eigenvalue weighted by Crippen LogP contribution is -2.14. The van der Waals surface area contributed by atoms with Crippen LogP contribution in [0.4, 0.5) is 5.13 Å². The Kier molecular flexibility index (Phi) is 5.86. The number of aromatic nitrogens is 2. The molecule has 3 rings (SSSR count). The van der Waals surface area contributed by atoms with Crippen molar-refractivity contribution in [3.05, 3.63) is 70.8 Å². The van der Waals surface area contributed by atoms with Crippen LogP contribution in [0, 0.1) is 6.92 Å². The lowest BCUT2D eigenvalue weighted by Gasteiger charge is -2.18. The van der Waals surface area contributed by atoms with E-state index in [9.17, 15) is 13.2 Å². The van der Waals surface area contributed by atoms with Gasteiger partial charge in [0.2, 0.25) is 19.3 Å². The van der Waals surface area contributed by atoms with Crippen molar-refractivity contribution in [2.45, 2.75) is 43.2 Å². The van der Waals surface area contributed by atoms with E-state index >= 15 is 0 Å². The highest BCUT2D eigenvalue weighted by atomic mass is 32.2. The third-order valence-electron chi connectivity index (χ3n) is 4.38. The maximum Gasteiger partial charge on any atom is 0.257 e. The summed E-state index contributed by atoms with van der Waals surface area (Å²) in [5, 5.41) is 10.4. The summed E-state index contributed by atoms with van der Waals surface area (Å²) < 4.78 is 25.1. The van der Waals surface area contributed by atoms with Gasteiger partial charge in [0, 0.05) is 5.56 Å². The maximum atomic E-state index is 12.6.